The van der Waals surface area contributed by atoms with Gasteiger partial charge >= 0.3 is 6.18 Å². The van der Waals surface area contributed by atoms with E-state index < -0.39 is 18.1 Å². The number of nitrogens with zero attached hydrogens (tertiary/aromatic N) is 3. The molecular formula is C17H16ClF3N4O. The van der Waals surface area contributed by atoms with Crippen LogP contribution in [0.3, 0.4) is 0 Å². The molecule has 9 heteroatoms. The van der Waals surface area contributed by atoms with Crippen molar-refractivity contribution in [3.8, 4) is 0 Å². The number of alkyl halides is 3. The minimum Gasteiger partial charge on any atom is -0.341 e. The van der Waals surface area contributed by atoms with Gasteiger partial charge in [-0.05, 0) is 18.4 Å². The lowest BCUT2D eigenvalue weighted by Crippen LogP contribution is -2.38. The van der Waals surface area contributed by atoms with Gasteiger partial charge < -0.3 is 10.2 Å². The average Bonchev–Trinajstić information content (AvgIpc) is 3.14. The molecule has 1 aliphatic rings. The Morgan fingerprint density at radius 2 is 1.85 bits per heavy atom. The summed E-state index contributed by atoms with van der Waals surface area (Å²) in [5.41, 5.74) is -0.341. The summed E-state index contributed by atoms with van der Waals surface area (Å²) < 4.78 is 40.3. The predicted octanol–water partition coefficient (Wildman–Crippen LogP) is 3.76. The number of amides is 1. The van der Waals surface area contributed by atoms with Gasteiger partial charge in [-0.15, -0.1) is 0 Å². The number of carbonyl (C=O) groups is 1. The summed E-state index contributed by atoms with van der Waals surface area (Å²) in [6.07, 6.45) is -1.48. The molecule has 0 bridgehead atoms. The Morgan fingerprint density at radius 3 is 2.46 bits per heavy atom. The maximum absolute atomic E-state index is 13.4. The highest BCUT2D eigenvalue weighted by molar-refractivity contribution is 6.33. The number of aromatic nitrogens is 2. The molecule has 1 amide bonds. The highest BCUT2D eigenvalue weighted by Crippen LogP contribution is 2.33. The van der Waals surface area contributed by atoms with Gasteiger partial charge in [0.15, 0.2) is 11.7 Å². The zero-order chi connectivity index (χ0) is 18.7. The van der Waals surface area contributed by atoms with Crippen molar-refractivity contribution in [1.82, 2.24) is 15.3 Å². The topological polar surface area (TPSA) is 58.1 Å². The van der Waals surface area contributed by atoms with Gasteiger partial charge in [0, 0.05) is 13.1 Å². The van der Waals surface area contributed by atoms with Crippen LogP contribution in [0, 0.1) is 0 Å². The van der Waals surface area contributed by atoms with Gasteiger partial charge in [0.2, 0.25) is 5.95 Å². The Labute approximate surface area is 153 Å². The van der Waals surface area contributed by atoms with Crippen LogP contribution in [0.2, 0.25) is 5.02 Å². The lowest BCUT2D eigenvalue weighted by atomic mass is 10.1. The van der Waals surface area contributed by atoms with E-state index >= 15 is 0 Å². The van der Waals surface area contributed by atoms with Crippen molar-refractivity contribution in [3.05, 3.63) is 52.8 Å². The van der Waals surface area contributed by atoms with E-state index in [0.29, 0.717) is 5.95 Å². The van der Waals surface area contributed by atoms with E-state index in [1.165, 1.54) is 30.5 Å². The number of hydrogen-bond acceptors (Lipinski definition) is 4. The van der Waals surface area contributed by atoms with Crippen molar-refractivity contribution < 1.29 is 18.0 Å². The molecule has 1 aromatic heterocycles. The summed E-state index contributed by atoms with van der Waals surface area (Å²) in [5.74, 6) is -0.704. The zero-order valence-electron chi connectivity index (χ0n) is 13.6. The van der Waals surface area contributed by atoms with Crippen molar-refractivity contribution in [2.45, 2.75) is 25.1 Å². The summed E-state index contributed by atoms with van der Waals surface area (Å²) in [4.78, 5) is 22.5. The smallest absolute Gasteiger partial charge is 0.341 e. The molecule has 2 aromatic rings. The summed E-state index contributed by atoms with van der Waals surface area (Å²) in [5, 5.41) is 1.89. The van der Waals surface area contributed by atoms with Crippen LogP contribution in [0.25, 0.3) is 0 Å². The number of rotatable bonds is 4. The number of hydrogen-bond donors (Lipinski definition) is 1. The molecule has 1 aliphatic heterocycles. The summed E-state index contributed by atoms with van der Waals surface area (Å²) in [7, 11) is 0. The van der Waals surface area contributed by atoms with Crippen LogP contribution in [-0.4, -0.2) is 35.1 Å². The van der Waals surface area contributed by atoms with E-state index in [1.54, 1.807) is 6.07 Å². The number of nitrogens with one attached hydrogen (secondary N) is 1. The molecule has 0 radical (unpaired) electrons. The van der Waals surface area contributed by atoms with Crippen LogP contribution in [0.15, 0.2) is 36.5 Å². The molecular weight excluding hydrogens is 369 g/mol. The minimum absolute atomic E-state index is 0.0710. The van der Waals surface area contributed by atoms with Crippen molar-refractivity contribution in [2.24, 2.45) is 0 Å². The normalized spacial score (nSPS) is 15.8. The molecule has 1 N–H and O–H groups in total. The SMILES string of the molecule is O=C(NC(c1ccccc1)C(F)(F)F)c1nc(N2CCCC2)ncc1Cl. The third kappa shape index (κ3) is 4.07. The predicted molar refractivity (Wildman–Crippen MR) is 91.2 cm³/mol. The van der Waals surface area contributed by atoms with Crippen molar-refractivity contribution in [1.29, 1.82) is 0 Å². The highest BCUT2D eigenvalue weighted by atomic mass is 35.5. The first-order chi connectivity index (χ1) is 12.4. The molecule has 0 spiro atoms. The van der Waals surface area contributed by atoms with Crippen molar-refractivity contribution in [2.75, 3.05) is 18.0 Å². The molecule has 138 valence electrons. The Bertz CT molecular complexity index is 779. The molecule has 1 aromatic carbocycles. The second-order valence-electron chi connectivity index (χ2n) is 5.92. The quantitative estimate of drug-likeness (QED) is 0.872. The Balaban J connectivity index is 1.87. The third-order valence-corrected chi connectivity index (χ3v) is 4.35. The lowest BCUT2D eigenvalue weighted by Gasteiger charge is -2.22. The monoisotopic (exact) mass is 384 g/mol. The number of anilines is 1. The van der Waals surface area contributed by atoms with E-state index in [9.17, 15) is 18.0 Å². The van der Waals surface area contributed by atoms with Gasteiger partial charge in [0.25, 0.3) is 5.91 Å². The standard InChI is InChI=1S/C17H16ClF3N4O/c18-12-10-22-16(25-8-4-5-9-25)23-13(12)15(26)24-14(17(19,20)21)11-6-2-1-3-7-11/h1-3,6-7,10,14H,4-5,8-9H2,(H,24,26). The molecule has 0 aliphatic carbocycles. The molecule has 1 unspecified atom stereocenters. The number of benzene rings is 1. The Morgan fingerprint density at radius 1 is 1.19 bits per heavy atom. The Hall–Kier alpha value is -2.35. The molecule has 1 fully saturated rings. The van der Waals surface area contributed by atoms with Crippen LogP contribution in [0.5, 0.6) is 0 Å². The van der Waals surface area contributed by atoms with Crippen LogP contribution in [0.4, 0.5) is 19.1 Å². The van der Waals surface area contributed by atoms with Gasteiger partial charge in [-0.3, -0.25) is 4.79 Å². The first-order valence-corrected chi connectivity index (χ1v) is 8.44. The van der Waals surface area contributed by atoms with E-state index in [4.69, 9.17) is 11.6 Å². The molecule has 1 saturated heterocycles. The summed E-state index contributed by atoms with van der Waals surface area (Å²) >= 11 is 5.96. The lowest BCUT2D eigenvalue weighted by molar-refractivity contribution is -0.155. The first kappa shape index (κ1) is 18.4. The van der Waals surface area contributed by atoms with Gasteiger partial charge in [-0.25, -0.2) is 9.97 Å². The van der Waals surface area contributed by atoms with E-state index in [2.05, 4.69) is 9.97 Å². The second-order valence-corrected chi connectivity index (χ2v) is 6.33. The average molecular weight is 385 g/mol. The summed E-state index contributed by atoms with van der Waals surface area (Å²) in [6.45, 7) is 1.47. The molecule has 2 heterocycles. The fraction of sp³-hybridized carbons (Fsp3) is 0.353. The number of halogens is 4. The summed E-state index contributed by atoms with van der Waals surface area (Å²) in [6, 6.07) is 5.00. The van der Waals surface area contributed by atoms with Gasteiger partial charge in [-0.2, -0.15) is 13.2 Å². The maximum atomic E-state index is 13.4. The molecule has 1 atom stereocenters. The van der Waals surface area contributed by atoms with Crippen LogP contribution in [-0.2, 0) is 0 Å². The molecule has 26 heavy (non-hydrogen) atoms. The van der Waals surface area contributed by atoms with Crippen molar-refractivity contribution >= 4 is 23.5 Å². The van der Waals surface area contributed by atoms with E-state index in [0.717, 1.165) is 25.9 Å². The van der Waals surface area contributed by atoms with Crippen LogP contribution in [0.1, 0.15) is 34.9 Å². The van der Waals surface area contributed by atoms with Gasteiger partial charge in [0.1, 0.15) is 0 Å². The van der Waals surface area contributed by atoms with Crippen LogP contribution < -0.4 is 10.2 Å². The first-order valence-electron chi connectivity index (χ1n) is 8.06. The largest absolute Gasteiger partial charge is 0.412 e. The fourth-order valence-electron chi connectivity index (χ4n) is 2.79. The molecule has 3 rings (SSSR count). The minimum atomic E-state index is -4.66. The molecule has 0 saturated carbocycles. The second kappa shape index (κ2) is 7.49. The van der Waals surface area contributed by atoms with Gasteiger partial charge in [-0.1, -0.05) is 41.9 Å². The van der Waals surface area contributed by atoms with Gasteiger partial charge in [0.05, 0.1) is 11.2 Å². The molecule has 5 nitrogen and oxygen atoms in total. The third-order valence-electron chi connectivity index (χ3n) is 4.07. The maximum Gasteiger partial charge on any atom is 0.412 e. The highest BCUT2D eigenvalue weighted by Gasteiger charge is 2.42. The van der Waals surface area contributed by atoms with Crippen molar-refractivity contribution in [3.63, 3.8) is 0 Å². The Kier molecular flexibility index (Phi) is 5.31. The van der Waals surface area contributed by atoms with E-state index in [-0.39, 0.29) is 16.3 Å². The fourth-order valence-corrected chi connectivity index (χ4v) is 2.96. The van der Waals surface area contributed by atoms with E-state index in [1.807, 2.05) is 10.2 Å². The number of carbonyl (C=O) groups excluding carboxylic acids is 1. The van der Waals surface area contributed by atoms with Crippen LogP contribution >= 0.6 is 11.6 Å². The zero-order valence-corrected chi connectivity index (χ0v) is 14.4.